The van der Waals surface area contributed by atoms with Gasteiger partial charge in [-0.3, -0.25) is 0 Å². The highest BCUT2D eigenvalue weighted by molar-refractivity contribution is 6.33. The molecule has 1 aromatic heterocycles. The van der Waals surface area contributed by atoms with E-state index in [0.717, 1.165) is 11.1 Å². The van der Waals surface area contributed by atoms with Crippen molar-refractivity contribution in [2.75, 3.05) is 12.8 Å². The van der Waals surface area contributed by atoms with Crippen molar-refractivity contribution in [3.8, 4) is 11.3 Å². The molecule has 0 radical (unpaired) electrons. The smallest absolute Gasteiger partial charge is 0.170 e. The molecule has 5 heteroatoms. The van der Waals surface area contributed by atoms with E-state index in [2.05, 4.69) is 5.16 Å². The third-order valence-corrected chi connectivity index (χ3v) is 2.49. The largest absolute Gasteiger partial charge is 0.381 e. The summed E-state index contributed by atoms with van der Waals surface area (Å²) in [6, 6.07) is 7.21. The van der Waals surface area contributed by atoms with Crippen molar-refractivity contribution in [2.24, 2.45) is 0 Å². The van der Waals surface area contributed by atoms with E-state index in [1.54, 1.807) is 19.2 Å². The zero-order chi connectivity index (χ0) is 11.5. The Labute approximate surface area is 97.9 Å². The third kappa shape index (κ3) is 2.03. The van der Waals surface area contributed by atoms with E-state index in [0.29, 0.717) is 23.2 Å². The highest BCUT2D eigenvalue weighted by Crippen LogP contribution is 2.32. The van der Waals surface area contributed by atoms with Gasteiger partial charge in [-0.2, -0.15) is 0 Å². The van der Waals surface area contributed by atoms with Crippen LogP contribution < -0.4 is 5.73 Å². The Morgan fingerprint density at radius 2 is 2.31 bits per heavy atom. The van der Waals surface area contributed by atoms with Gasteiger partial charge in [0.1, 0.15) is 0 Å². The van der Waals surface area contributed by atoms with Crippen LogP contribution in [0.3, 0.4) is 0 Å². The van der Waals surface area contributed by atoms with Crippen LogP contribution in [0.5, 0.6) is 0 Å². The summed E-state index contributed by atoms with van der Waals surface area (Å²) in [4.78, 5) is 0. The second-order valence-electron chi connectivity index (χ2n) is 3.32. The van der Waals surface area contributed by atoms with Crippen LogP contribution in [-0.4, -0.2) is 12.3 Å². The lowest BCUT2D eigenvalue weighted by Crippen LogP contribution is -1.92. The number of nitrogen functional groups attached to an aromatic ring is 1. The molecule has 0 aliphatic heterocycles. The summed E-state index contributed by atoms with van der Waals surface area (Å²) in [6.07, 6.45) is 0. The Bertz CT molecular complexity index is 496. The molecule has 84 valence electrons. The molecule has 0 atom stereocenters. The number of benzene rings is 1. The molecule has 0 aliphatic rings. The van der Waals surface area contributed by atoms with Crippen molar-refractivity contribution in [2.45, 2.75) is 6.61 Å². The van der Waals surface area contributed by atoms with Gasteiger partial charge in [0.2, 0.25) is 0 Å². The number of nitrogens with zero attached hydrogens (tertiary/aromatic N) is 1. The first-order valence-corrected chi connectivity index (χ1v) is 5.09. The Kier molecular flexibility index (Phi) is 3.12. The topological polar surface area (TPSA) is 61.3 Å². The lowest BCUT2D eigenvalue weighted by atomic mass is 10.1. The number of hydrogen-bond donors (Lipinski definition) is 1. The van der Waals surface area contributed by atoms with Crippen molar-refractivity contribution in [1.29, 1.82) is 0 Å². The molecule has 1 heterocycles. The molecule has 2 aromatic rings. The predicted molar refractivity (Wildman–Crippen MR) is 62.1 cm³/mol. The van der Waals surface area contributed by atoms with Crippen molar-refractivity contribution in [1.82, 2.24) is 5.16 Å². The van der Waals surface area contributed by atoms with E-state index in [4.69, 9.17) is 26.6 Å². The number of anilines is 1. The van der Waals surface area contributed by atoms with Crippen molar-refractivity contribution < 1.29 is 9.26 Å². The fourth-order valence-electron chi connectivity index (χ4n) is 1.53. The molecule has 0 spiro atoms. The maximum atomic E-state index is 6.12. The monoisotopic (exact) mass is 238 g/mol. The molecule has 16 heavy (non-hydrogen) atoms. The average Bonchev–Trinajstić information content (AvgIpc) is 2.65. The zero-order valence-electron chi connectivity index (χ0n) is 8.74. The molecular weight excluding hydrogens is 228 g/mol. The van der Waals surface area contributed by atoms with E-state index in [1.807, 2.05) is 12.1 Å². The van der Waals surface area contributed by atoms with Crippen LogP contribution in [-0.2, 0) is 11.3 Å². The molecule has 0 bridgehead atoms. The van der Waals surface area contributed by atoms with Gasteiger partial charge in [0.05, 0.1) is 11.6 Å². The molecule has 1 aromatic carbocycles. The fraction of sp³-hybridized carbons (Fsp3) is 0.182. The van der Waals surface area contributed by atoms with Crippen LogP contribution in [0.1, 0.15) is 5.56 Å². The number of methoxy groups -OCH3 is 1. The van der Waals surface area contributed by atoms with Crippen molar-refractivity contribution >= 4 is 17.4 Å². The minimum absolute atomic E-state index is 0.332. The quantitative estimate of drug-likeness (QED) is 0.893. The highest BCUT2D eigenvalue weighted by atomic mass is 35.5. The predicted octanol–water partition coefficient (Wildman–Crippen LogP) is 2.72. The van der Waals surface area contributed by atoms with Crippen LogP contribution in [0.4, 0.5) is 5.82 Å². The SMILES string of the molecule is COCc1cccc(Cl)c1-c1cc(N)no1. The van der Waals surface area contributed by atoms with Crippen LogP contribution in [0.2, 0.25) is 5.02 Å². The lowest BCUT2D eigenvalue weighted by molar-refractivity contribution is 0.185. The van der Waals surface area contributed by atoms with E-state index in [9.17, 15) is 0 Å². The van der Waals surface area contributed by atoms with Crippen molar-refractivity contribution in [3.63, 3.8) is 0 Å². The minimum atomic E-state index is 0.332. The molecule has 0 aliphatic carbocycles. The average molecular weight is 239 g/mol. The van der Waals surface area contributed by atoms with Gasteiger partial charge in [-0.1, -0.05) is 28.9 Å². The summed E-state index contributed by atoms with van der Waals surface area (Å²) in [6.45, 7) is 0.455. The molecule has 0 fully saturated rings. The van der Waals surface area contributed by atoms with E-state index in [1.165, 1.54) is 0 Å². The van der Waals surface area contributed by atoms with Gasteiger partial charge in [-0.05, 0) is 11.6 Å². The Morgan fingerprint density at radius 1 is 1.50 bits per heavy atom. The third-order valence-electron chi connectivity index (χ3n) is 2.17. The fourth-order valence-corrected chi connectivity index (χ4v) is 1.81. The summed E-state index contributed by atoms with van der Waals surface area (Å²) < 4.78 is 10.2. The highest BCUT2D eigenvalue weighted by Gasteiger charge is 2.13. The van der Waals surface area contributed by atoms with Crippen LogP contribution in [0.25, 0.3) is 11.3 Å². The number of aromatic nitrogens is 1. The van der Waals surface area contributed by atoms with Crippen LogP contribution >= 0.6 is 11.6 Å². The van der Waals surface area contributed by atoms with Gasteiger partial charge in [-0.25, -0.2) is 0 Å². The molecule has 4 nitrogen and oxygen atoms in total. The summed E-state index contributed by atoms with van der Waals surface area (Å²) in [5.74, 6) is 0.883. The van der Waals surface area contributed by atoms with Gasteiger partial charge in [0, 0.05) is 18.7 Å². The summed E-state index contributed by atoms with van der Waals surface area (Å²) in [5.41, 5.74) is 7.22. The molecule has 2 N–H and O–H groups in total. The van der Waals surface area contributed by atoms with Gasteiger partial charge >= 0.3 is 0 Å². The maximum absolute atomic E-state index is 6.12. The number of ether oxygens (including phenoxy) is 1. The summed E-state index contributed by atoms with van der Waals surface area (Å²) in [5, 5.41) is 4.23. The number of nitrogens with two attached hydrogens (primary N) is 1. The minimum Gasteiger partial charge on any atom is -0.381 e. The van der Waals surface area contributed by atoms with Gasteiger partial charge in [0.15, 0.2) is 11.6 Å². The normalized spacial score (nSPS) is 10.6. The maximum Gasteiger partial charge on any atom is 0.170 e. The summed E-state index contributed by atoms with van der Waals surface area (Å²) >= 11 is 6.12. The van der Waals surface area contributed by atoms with Crippen molar-refractivity contribution in [3.05, 3.63) is 34.9 Å². The lowest BCUT2D eigenvalue weighted by Gasteiger charge is -2.07. The molecule has 0 saturated heterocycles. The zero-order valence-corrected chi connectivity index (χ0v) is 9.49. The Balaban J connectivity index is 2.53. The summed E-state index contributed by atoms with van der Waals surface area (Å²) in [7, 11) is 1.62. The first-order valence-electron chi connectivity index (χ1n) is 4.71. The first-order chi connectivity index (χ1) is 7.72. The first kappa shape index (κ1) is 11.0. The molecule has 2 rings (SSSR count). The van der Waals surface area contributed by atoms with Crippen LogP contribution in [0, 0.1) is 0 Å². The van der Waals surface area contributed by atoms with Gasteiger partial charge in [0.25, 0.3) is 0 Å². The Hall–Kier alpha value is -1.52. The van der Waals surface area contributed by atoms with E-state index in [-0.39, 0.29) is 0 Å². The van der Waals surface area contributed by atoms with Gasteiger partial charge < -0.3 is 15.0 Å². The molecule has 0 amide bonds. The van der Waals surface area contributed by atoms with Gasteiger partial charge in [-0.15, -0.1) is 0 Å². The number of hydrogen-bond acceptors (Lipinski definition) is 4. The molecular formula is C11H11ClN2O2. The molecule has 0 unspecified atom stereocenters. The number of rotatable bonds is 3. The standard InChI is InChI=1S/C11H11ClN2O2/c1-15-6-7-3-2-4-8(12)11(7)9-5-10(13)14-16-9/h2-5H,6H2,1H3,(H2,13,14). The second-order valence-corrected chi connectivity index (χ2v) is 3.73. The Morgan fingerprint density at radius 3 is 2.94 bits per heavy atom. The van der Waals surface area contributed by atoms with E-state index < -0.39 is 0 Å². The second kappa shape index (κ2) is 4.55. The number of halogens is 1. The van der Waals surface area contributed by atoms with E-state index >= 15 is 0 Å². The van der Waals surface area contributed by atoms with Crippen LogP contribution in [0.15, 0.2) is 28.8 Å². The molecule has 0 saturated carbocycles.